The smallest absolute Gasteiger partial charge is 0.256 e. The molecule has 0 unspecified atom stereocenters. The van der Waals surface area contributed by atoms with Gasteiger partial charge in [0.15, 0.2) is 0 Å². The van der Waals surface area contributed by atoms with Crippen LogP contribution in [-0.4, -0.2) is 38.3 Å². The fraction of sp³-hybridized carbons (Fsp3) is 0.333. The predicted molar refractivity (Wildman–Crippen MR) is 89.4 cm³/mol. The number of imidazole rings is 1. The molecule has 1 aliphatic rings. The lowest BCUT2D eigenvalue weighted by atomic mass is 10.1. The fourth-order valence-electron chi connectivity index (χ4n) is 3.53. The number of hydrogen-bond acceptors (Lipinski definition) is 2. The lowest BCUT2D eigenvalue weighted by Crippen LogP contribution is -2.41. The standard InChI is InChI=1S/C18H20N4O/c1-2-12-9-17-16(20-11-21-17)7-8-22(12)18(23)14-10-19-15-6-4-3-5-13(14)15/h3-6,10-12,19H,2,7-9H2,1H3,(H,20,21)/t12-/m0/s1. The first-order valence-electron chi connectivity index (χ1n) is 8.16. The van der Waals surface area contributed by atoms with Gasteiger partial charge in [-0.3, -0.25) is 4.79 Å². The molecule has 0 saturated carbocycles. The van der Waals surface area contributed by atoms with Crippen LogP contribution in [0.5, 0.6) is 0 Å². The topological polar surface area (TPSA) is 64.8 Å². The molecule has 0 radical (unpaired) electrons. The highest BCUT2D eigenvalue weighted by Gasteiger charge is 2.29. The largest absolute Gasteiger partial charge is 0.360 e. The Balaban J connectivity index is 1.68. The highest BCUT2D eigenvalue weighted by atomic mass is 16.2. The number of nitrogens with one attached hydrogen (secondary N) is 2. The van der Waals surface area contributed by atoms with Crippen LogP contribution in [-0.2, 0) is 12.8 Å². The summed E-state index contributed by atoms with van der Waals surface area (Å²) in [6.07, 6.45) is 6.19. The predicted octanol–water partition coefficient (Wildman–Crippen LogP) is 2.91. The van der Waals surface area contributed by atoms with Crippen molar-refractivity contribution >= 4 is 16.8 Å². The van der Waals surface area contributed by atoms with E-state index in [2.05, 4.69) is 21.9 Å². The van der Waals surface area contributed by atoms with Crippen molar-refractivity contribution in [1.82, 2.24) is 19.9 Å². The highest BCUT2D eigenvalue weighted by Crippen LogP contribution is 2.24. The quantitative estimate of drug-likeness (QED) is 0.764. The van der Waals surface area contributed by atoms with E-state index < -0.39 is 0 Å². The van der Waals surface area contributed by atoms with E-state index in [1.807, 2.05) is 35.4 Å². The third-order valence-electron chi connectivity index (χ3n) is 4.83. The molecule has 118 valence electrons. The summed E-state index contributed by atoms with van der Waals surface area (Å²) in [4.78, 5) is 26.0. The number of benzene rings is 1. The third-order valence-corrected chi connectivity index (χ3v) is 4.83. The molecule has 1 amide bonds. The van der Waals surface area contributed by atoms with E-state index in [0.29, 0.717) is 6.54 Å². The number of aromatic nitrogens is 3. The highest BCUT2D eigenvalue weighted by molar-refractivity contribution is 6.06. The Kier molecular flexibility index (Phi) is 3.41. The van der Waals surface area contributed by atoms with Crippen LogP contribution in [0.3, 0.4) is 0 Å². The van der Waals surface area contributed by atoms with Gasteiger partial charge in [-0.2, -0.15) is 0 Å². The first-order valence-corrected chi connectivity index (χ1v) is 8.16. The van der Waals surface area contributed by atoms with Crippen molar-refractivity contribution in [3.63, 3.8) is 0 Å². The van der Waals surface area contributed by atoms with Gasteiger partial charge in [0.1, 0.15) is 0 Å². The van der Waals surface area contributed by atoms with Crippen molar-refractivity contribution in [1.29, 1.82) is 0 Å². The summed E-state index contributed by atoms with van der Waals surface area (Å²) in [5, 5.41) is 0.994. The first kappa shape index (κ1) is 14.1. The molecule has 0 spiro atoms. The average Bonchev–Trinajstić information content (AvgIpc) is 3.16. The number of rotatable bonds is 2. The average molecular weight is 308 g/mol. The van der Waals surface area contributed by atoms with E-state index in [9.17, 15) is 4.79 Å². The molecule has 0 fully saturated rings. The lowest BCUT2D eigenvalue weighted by Gasteiger charge is -2.29. The molecule has 1 atom stereocenters. The Labute approximate surface area is 134 Å². The molecule has 3 heterocycles. The fourth-order valence-corrected chi connectivity index (χ4v) is 3.53. The number of hydrogen-bond donors (Lipinski definition) is 2. The normalized spacial score (nSPS) is 18.0. The molecule has 5 nitrogen and oxygen atoms in total. The molecule has 4 rings (SSSR count). The molecule has 2 aromatic heterocycles. The van der Waals surface area contributed by atoms with Gasteiger partial charge in [-0.1, -0.05) is 25.1 Å². The number of amides is 1. The zero-order chi connectivity index (χ0) is 15.8. The van der Waals surface area contributed by atoms with E-state index in [0.717, 1.165) is 41.4 Å². The van der Waals surface area contributed by atoms with Gasteiger partial charge in [-0.15, -0.1) is 0 Å². The van der Waals surface area contributed by atoms with Crippen molar-refractivity contribution in [3.8, 4) is 0 Å². The van der Waals surface area contributed by atoms with Gasteiger partial charge >= 0.3 is 0 Å². The van der Waals surface area contributed by atoms with E-state index in [-0.39, 0.29) is 11.9 Å². The molecule has 1 aliphatic heterocycles. The summed E-state index contributed by atoms with van der Waals surface area (Å²) in [6, 6.07) is 8.16. The van der Waals surface area contributed by atoms with Crippen LogP contribution in [0.1, 0.15) is 35.1 Å². The number of carbonyl (C=O) groups is 1. The summed E-state index contributed by atoms with van der Waals surface area (Å²) >= 11 is 0. The summed E-state index contributed by atoms with van der Waals surface area (Å²) < 4.78 is 0. The van der Waals surface area contributed by atoms with Crippen LogP contribution in [0, 0.1) is 0 Å². The van der Waals surface area contributed by atoms with E-state index in [1.54, 1.807) is 6.33 Å². The van der Waals surface area contributed by atoms with Crippen LogP contribution in [0.2, 0.25) is 0 Å². The van der Waals surface area contributed by atoms with Crippen LogP contribution < -0.4 is 0 Å². The third kappa shape index (κ3) is 2.32. The van der Waals surface area contributed by atoms with Crippen molar-refractivity contribution in [2.24, 2.45) is 0 Å². The van der Waals surface area contributed by atoms with Crippen molar-refractivity contribution < 1.29 is 4.79 Å². The molecule has 5 heteroatoms. The van der Waals surface area contributed by atoms with Gasteiger partial charge in [-0.05, 0) is 12.5 Å². The van der Waals surface area contributed by atoms with Crippen molar-refractivity contribution in [3.05, 3.63) is 53.7 Å². The maximum Gasteiger partial charge on any atom is 0.256 e. The molecular weight excluding hydrogens is 288 g/mol. The molecule has 0 aliphatic carbocycles. The number of aromatic amines is 2. The summed E-state index contributed by atoms with van der Waals surface area (Å²) in [5.41, 5.74) is 4.03. The number of carbonyl (C=O) groups excluding carboxylic acids is 1. The zero-order valence-electron chi connectivity index (χ0n) is 13.2. The molecule has 0 bridgehead atoms. The SMILES string of the molecule is CC[C@H]1Cc2[nH]cnc2CCN1C(=O)c1c[nH]c2ccccc12. The minimum absolute atomic E-state index is 0.111. The van der Waals surface area contributed by atoms with Gasteiger partial charge in [0.05, 0.1) is 17.6 Å². The van der Waals surface area contributed by atoms with Gasteiger partial charge in [0.25, 0.3) is 5.91 Å². The monoisotopic (exact) mass is 308 g/mol. The van der Waals surface area contributed by atoms with E-state index in [4.69, 9.17) is 0 Å². The Hall–Kier alpha value is -2.56. The molecule has 1 aromatic carbocycles. The number of para-hydroxylation sites is 1. The van der Waals surface area contributed by atoms with Crippen molar-refractivity contribution in [2.45, 2.75) is 32.2 Å². The van der Waals surface area contributed by atoms with Crippen LogP contribution in [0.25, 0.3) is 10.9 Å². The second-order valence-corrected chi connectivity index (χ2v) is 6.09. The van der Waals surface area contributed by atoms with Crippen LogP contribution in [0.4, 0.5) is 0 Å². The molecule has 3 aromatic rings. The minimum atomic E-state index is 0.111. The second-order valence-electron chi connectivity index (χ2n) is 6.09. The summed E-state index contributed by atoms with van der Waals surface area (Å²) in [7, 11) is 0. The molecule has 2 N–H and O–H groups in total. The maximum absolute atomic E-state index is 13.1. The van der Waals surface area contributed by atoms with Gasteiger partial charge < -0.3 is 14.9 Å². The Morgan fingerprint density at radius 2 is 2.22 bits per heavy atom. The molecule has 0 saturated heterocycles. The Morgan fingerprint density at radius 3 is 3.09 bits per heavy atom. The van der Waals surface area contributed by atoms with Gasteiger partial charge in [-0.25, -0.2) is 4.98 Å². The second kappa shape index (κ2) is 5.57. The molecular formula is C18H20N4O. The number of H-pyrrole nitrogens is 2. The number of fused-ring (bicyclic) bond motifs is 2. The first-order chi connectivity index (χ1) is 11.3. The minimum Gasteiger partial charge on any atom is -0.360 e. The number of nitrogens with zero attached hydrogens (tertiary/aromatic N) is 2. The van der Waals surface area contributed by atoms with Gasteiger partial charge in [0, 0.05) is 48.2 Å². The van der Waals surface area contributed by atoms with E-state index in [1.165, 1.54) is 5.69 Å². The molecule has 23 heavy (non-hydrogen) atoms. The van der Waals surface area contributed by atoms with Gasteiger partial charge in [0.2, 0.25) is 0 Å². The van der Waals surface area contributed by atoms with Crippen LogP contribution in [0.15, 0.2) is 36.8 Å². The van der Waals surface area contributed by atoms with Crippen molar-refractivity contribution in [2.75, 3.05) is 6.54 Å². The zero-order valence-corrected chi connectivity index (χ0v) is 13.2. The summed E-state index contributed by atoms with van der Waals surface area (Å²) in [5.74, 6) is 0.111. The van der Waals surface area contributed by atoms with Crippen LogP contribution >= 0.6 is 0 Å². The Morgan fingerprint density at radius 1 is 1.35 bits per heavy atom. The van der Waals surface area contributed by atoms with E-state index >= 15 is 0 Å². The lowest BCUT2D eigenvalue weighted by molar-refractivity contribution is 0.0682. The maximum atomic E-state index is 13.1. The Bertz CT molecular complexity index is 847. The summed E-state index contributed by atoms with van der Waals surface area (Å²) in [6.45, 7) is 2.86.